The summed E-state index contributed by atoms with van der Waals surface area (Å²) in [5.41, 5.74) is 1.11. The summed E-state index contributed by atoms with van der Waals surface area (Å²) >= 11 is 0. The quantitative estimate of drug-likeness (QED) is 0.444. The van der Waals surface area contributed by atoms with Gasteiger partial charge >= 0.3 is 6.03 Å². The molecule has 0 aromatic rings. The number of hydrogen-bond donors (Lipinski definition) is 3. The van der Waals surface area contributed by atoms with Crippen molar-refractivity contribution in [3.8, 4) is 0 Å². The first kappa shape index (κ1) is 6.27. The molecule has 0 fully saturated rings. The Bertz CT molecular complexity index is 254. The molecule has 2 heterocycles. The van der Waals surface area contributed by atoms with Crippen LogP contribution in [0.25, 0.3) is 0 Å². The van der Waals surface area contributed by atoms with Crippen molar-refractivity contribution in [3.63, 3.8) is 0 Å². The molecule has 0 spiro atoms. The molecule has 4 heteroatoms. The SMILES string of the molecule is O=C1NCC2=C(NCC=C2)N1. The van der Waals surface area contributed by atoms with E-state index in [2.05, 4.69) is 16.0 Å². The van der Waals surface area contributed by atoms with E-state index >= 15 is 0 Å². The summed E-state index contributed by atoms with van der Waals surface area (Å²) in [6.45, 7) is 1.41. The van der Waals surface area contributed by atoms with Crippen LogP contribution < -0.4 is 16.0 Å². The highest BCUT2D eigenvalue weighted by molar-refractivity contribution is 5.78. The average molecular weight is 151 g/mol. The van der Waals surface area contributed by atoms with Crippen LogP contribution in [-0.2, 0) is 0 Å². The lowest BCUT2D eigenvalue weighted by atomic mass is 10.2. The molecule has 3 N–H and O–H groups in total. The van der Waals surface area contributed by atoms with Gasteiger partial charge in [0.25, 0.3) is 0 Å². The fourth-order valence-corrected chi connectivity index (χ4v) is 1.16. The molecule has 0 aliphatic carbocycles. The van der Waals surface area contributed by atoms with Gasteiger partial charge in [0.15, 0.2) is 0 Å². The Morgan fingerprint density at radius 2 is 2.27 bits per heavy atom. The molecular formula is C7H9N3O. The van der Waals surface area contributed by atoms with Crippen LogP contribution in [0.4, 0.5) is 4.79 Å². The summed E-state index contributed by atoms with van der Waals surface area (Å²) in [6, 6.07) is -0.133. The first-order valence-corrected chi connectivity index (χ1v) is 3.55. The summed E-state index contributed by atoms with van der Waals surface area (Å²) in [7, 11) is 0. The molecule has 2 rings (SSSR count). The molecule has 4 nitrogen and oxygen atoms in total. The van der Waals surface area contributed by atoms with Gasteiger partial charge in [0.2, 0.25) is 0 Å². The Balaban J connectivity index is 2.26. The van der Waals surface area contributed by atoms with Crippen molar-refractivity contribution >= 4 is 6.03 Å². The van der Waals surface area contributed by atoms with E-state index in [4.69, 9.17) is 0 Å². The first-order valence-electron chi connectivity index (χ1n) is 3.55. The summed E-state index contributed by atoms with van der Waals surface area (Å²) in [5, 5.41) is 8.44. The smallest absolute Gasteiger partial charge is 0.320 e. The van der Waals surface area contributed by atoms with Crippen molar-refractivity contribution in [1.82, 2.24) is 16.0 Å². The number of dihydropyridines is 1. The van der Waals surface area contributed by atoms with Crippen LogP contribution in [0, 0.1) is 0 Å². The van der Waals surface area contributed by atoms with Crippen LogP contribution in [0.1, 0.15) is 0 Å². The van der Waals surface area contributed by atoms with E-state index in [1.807, 2.05) is 12.2 Å². The standard InChI is InChI=1S/C7H9N3O/c11-7-9-4-5-2-1-3-8-6(5)10-7/h1-2,8H,3-4H2,(H2,9,10,11). The highest BCUT2D eigenvalue weighted by Gasteiger charge is 2.15. The second-order valence-corrected chi connectivity index (χ2v) is 2.49. The largest absolute Gasteiger partial charge is 0.368 e. The Hall–Kier alpha value is -1.45. The van der Waals surface area contributed by atoms with Crippen LogP contribution >= 0.6 is 0 Å². The highest BCUT2D eigenvalue weighted by atomic mass is 16.2. The molecule has 0 unspecified atom stereocenters. The van der Waals surface area contributed by atoms with E-state index in [0.717, 1.165) is 17.9 Å². The van der Waals surface area contributed by atoms with Crippen LogP contribution in [0.15, 0.2) is 23.5 Å². The summed E-state index contributed by atoms with van der Waals surface area (Å²) in [6.07, 6.45) is 4.04. The fraction of sp³-hybridized carbons (Fsp3) is 0.286. The van der Waals surface area contributed by atoms with Gasteiger partial charge in [0, 0.05) is 18.7 Å². The first-order chi connectivity index (χ1) is 5.36. The number of carbonyl (C=O) groups excluding carboxylic acids is 1. The van der Waals surface area contributed by atoms with Crippen LogP contribution in [0.2, 0.25) is 0 Å². The number of carbonyl (C=O) groups is 1. The predicted molar refractivity (Wildman–Crippen MR) is 40.7 cm³/mol. The zero-order valence-electron chi connectivity index (χ0n) is 5.98. The normalized spacial score (nSPS) is 21.6. The number of amides is 2. The minimum atomic E-state index is -0.133. The molecule has 2 amide bonds. The number of nitrogens with one attached hydrogen (secondary N) is 3. The Morgan fingerprint density at radius 1 is 1.36 bits per heavy atom. The zero-order chi connectivity index (χ0) is 7.68. The molecule has 58 valence electrons. The van der Waals surface area contributed by atoms with E-state index < -0.39 is 0 Å². The van der Waals surface area contributed by atoms with Gasteiger partial charge in [0.1, 0.15) is 5.82 Å². The lowest BCUT2D eigenvalue weighted by Crippen LogP contribution is -2.46. The maximum Gasteiger partial charge on any atom is 0.320 e. The molecule has 0 saturated heterocycles. The maximum absolute atomic E-state index is 10.8. The third kappa shape index (κ3) is 1.07. The number of rotatable bonds is 0. The van der Waals surface area contributed by atoms with Crippen LogP contribution in [0.3, 0.4) is 0 Å². The Kier molecular flexibility index (Phi) is 1.31. The van der Waals surface area contributed by atoms with E-state index in [9.17, 15) is 4.79 Å². The van der Waals surface area contributed by atoms with Gasteiger partial charge in [-0.3, -0.25) is 5.32 Å². The lowest BCUT2D eigenvalue weighted by molar-refractivity contribution is 0.241. The molecule has 2 aliphatic rings. The van der Waals surface area contributed by atoms with Gasteiger partial charge in [-0.2, -0.15) is 0 Å². The monoisotopic (exact) mass is 151 g/mol. The third-order valence-corrected chi connectivity index (χ3v) is 1.71. The predicted octanol–water partition coefficient (Wildman–Crippen LogP) is -0.330. The second kappa shape index (κ2) is 2.30. The Morgan fingerprint density at radius 3 is 3.18 bits per heavy atom. The van der Waals surface area contributed by atoms with Crippen molar-refractivity contribution in [2.75, 3.05) is 13.1 Å². The third-order valence-electron chi connectivity index (χ3n) is 1.71. The van der Waals surface area contributed by atoms with Crippen molar-refractivity contribution in [2.45, 2.75) is 0 Å². The van der Waals surface area contributed by atoms with Crippen molar-refractivity contribution < 1.29 is 4.79 Å². The minimum Gasteiger partial charge on any atom is -0.368 e. The number of hydrogen-bond acceptors (Lipinski definition) is 2. The molecule has 0 saturated carbocycles. The van der Waals surface area contributed by atoms with Gasteiger partial charge in [-0.1, -0.05) is 12.2 Å². The van der Waals surface area contributed by atoms with Crippen molar-refractivity contribution in [1.29, 1.82) is 0 Å². The van der Waals surface area contributed by atoms with E-state index in [1.54, 1.807) is 0 Å². The summed E-state index contributed by atoms with van der Waals surface area (Å²) < 4.78 is 0. The van der Waals surface area contributed by atoms with E-state index in [1.165, 1.54) is 0 Å². The highest BCUT2D eigenvalue weighted by Crippen LogP contribution is 2.07. The molecular weight excluding hydrogens is 142 g/mol. The van der Waals surface area contributed by atoms with Gasteiger partial charge in [0.05, 0.1) is 0 Å². The molecule has 0 aromatic heterocycles. The van der Waals surface area contributed by atoms with Gasteiger partial charge in [-0.15, -0.1) is 0 Å². The summed E-state index contributed by atoms with van der Waals surface area (Å²) in [5.74, 6) is 0.844. The molecule has 0 aromatic carbocycles. The average Bonchev–Trinajstić information content (AvgIpc) is 2.04. The van der Waals surface area contributed by atoms with Crippen LogP contribution in [-0.4, -0.2) is 19.1 Å². The zero-order valence-corrected chi connectivity index (χ0v) is 5.98. The molecule has 0 radical (unpaired) electrons. The number of urea groups is 1. The topological polar surface area (TPSA) is 53.2 Å². The van der Waals surface area contributed by atoms with E-state index in [-0.39, 0.29) is 6.03 Å². The van der Waals surface area contributed by atoms with Crippen molar-refractivity contribution in [2.24, 2.45) is 0 Å². The maximum atomic E-state index is 10.8. The van der Waals surface area contributed by atoms with Crippen LogP contribution in [0.5, 0.6) is 0 Å². The summed E-state index contributed by atoms with van der Waals surface area (Å²) in [4.78, 5) is 10.8. The Labute approximate surface area is 64.3 Å². The lowest BCUT2D eigenvalue weighted by Gasteiger charge is -2.23. The molecule has 11 heavy (non-hydrogen) atoms. The van der Waals surface area contributed by atoms with Gasteiger partial charge in [-0.05, 0) is 0 Å². The van der Waals surface area contributed by atoms with Gasteiger partial charge in [-0.25, -0.2) is 4.79 Å². The fourth-order valence-electron chi connectivity index (χ4n) is 1.16. The molecule has 0 bridgehead atoms. The van der Waals surface area contributed by atoms with Gasteiger partial charge < -0.3 is 10.6 Å². The van der Waals surface area contributed by atoms with E-state index in [0.29, 0.717) is 6.54 Å². The minimum absolute atomic E-state index is 0.133. The second-order valence-electron chi connectivity index (χ2n) is 2.49. The van der Waals surface area contributed by atoms with Crippen molar-refractivity contribution in [3.05, 3.63) is 23.5 Å². The molecule has 0 atom stereocenters. The molecule has 2 aliphatic heterocycles.